The van der Waals surface area contributed by atoms with Gasteiger partial charge in [0.1, 0.15) is 0 Å². The summed E-state index contributed by atoms with van der Waals surface area (Å²) in [6.45, 7) is 1.92. The van der Waals surface area contributed by atoms with Crippen molar-refractivity contribution in [2.75, 3.05) is 6.61 Å². The highest BCUT2D eigenvalue weighted by molar-refractivity contribution is 7.17. The summed E-state index contributed by atoms with van der Waals surface area (Å²) in [5.41, 5.74) is 0.385. The number of fused-ring (bicyclic) bond motifs is 1. The van der Waals surface area contributed by atoms with Gasteiger partial charge in [-0.15, -0.1) is 11.3 Å². The first kappa shape index (κ1) is 12.4. The molecule has 0 aliphatic rings. The summed E-state index contributed by atoms with van der Waals surface area (Å²) >= 11 is 7.72. The van der Waals surface area contributed by atoms with E-state index in [9.17, 15) is 9.90 Å². The summed E-state index contributed by atoms with van der Waals surface area (Å²) in [5, 5.41) is 13.0. The van der Waals surface area contributed by atoms with Crippen LogP contribution in [-0.4, -0.2) is 17.7 Å². The third-order valence-corrected chi connectivity index (χ3v) is 3.71. The number of ether oxygens (including phenoxy) is 1. The van der Waals surface area contributed by atoms with Crippen LogP contribution in [0.25, 0.3) is 10.1 Å². The highest BCUT2D eigenvalue weighted by Gasteiger charge is 2.22. The second kappa shape index (κ2) is 5.04. The largest absolute Gasteiger partial charge is 0.464 e. The first-order chi connectivity index (χ1) is 8.15. The van der Waals surface area contributed by atoms with Crippen molar-refractivity contribution in [2.24, 2.45) is 0 Å². The zero-order valence-corrected chi connectivity index (χ0v) is 10.7. The van der Waals surface area contributed by atoms with Crippen molar-refractivity contribution < 1.29 is 14.6 Å². The molecule has 0 aliphatic carbocycles. The van der Waals surface area contributed by atoms with Gasteiger partial charge in [-0.1, -0.05) is 17.7 Å². The van der Waals surface area contributed by atoms with Crippen molar-refractivity contribution in [3.05, 3.63) is 34.2 Å². The van der Waals surface area contributed by atoms with Gasteiger partial charge in [-0.3, -0.25) is 0 Å². The van der Waals surface area contributed by atoms with E-state index in [0.29, 0.717) is 10.6 Å². The lowest BCUT2D eigenvalue weighted by molar-refractivity contribution is -0.153. The molecule has 2 rings (SSSR count). The van der Waals surface area contributed by atoms with E-state index in [1.165, 1.54) is 0 Å². The molecule has 0 spiro atoms. The summed E-state index contributed by atoms with van der Waals surface area (Å²) in [7, 11) is 0. The molecule has 0 saturated heterocycles. The zero-order valence-electron chi connectivity index (χ0n) is 9.14. The van der Waals surface area contributed by atoms with Gasteiger partial charge in [0, 0.05) is 15.6 Å². The minimum atomic E-state index is -1.33. The second-order valence-corrected chi connectivity index (χ2v) is 4.78. The van der Waals surface area contributed by atoms with Gasteiger partial charge < -0.3 is 9.84 Å². The summed E-state index contributed by atoms with van der Waals surface area (Å²) in [6, 6.07) is 5.36. The first-order valence-corrected chi connectivity index (χ1v) is 6.41. The number of hydrogen-bond acceptors (Lipinski definition) is 4. The molecule has 0 radical (unpaired) electrons. The van der Waals surface area contributed by atoms with E-state index in [0.717, 1.165) is 10.1 Å². The topological polar surface area (TPSA) is 46.5 Å². The predicted molar refractivity (Wildman–Crippen MR) is 68.4 cm³/mol. The molecule has 0 fully saturated rings. The molecule has 0 saturated carbocycles. The fourth-order valence-corrected chi connectivity index (χ4v) is 2.77. The van der Waals surface area contributed by atoms with Crippen molar-refractivity contribution >= 4 is 39.0 Å². The molecule has 3 nitrogen and oxygen atoms in total. The van der Waals surface area contributed by atoms with E-state index in [-0.39, 0.29) is 6.61 Å². The lowest BCUT2D eigenvalue weighted by atomic mass is 10.1. The monoisotopic (exact) mass is 270 g/mol. The molecular formula is C12H11ClO3S. The molecule has 1 N–H and O–H groups in total. The van der Waals surface area contributed by atoms with Crippen LogP contribution in [0, 0.1) is 0 Å². The lowest BCUT2D eigenvalue weighted by Gasteiger charge is -2.11. The average molecular weight is 271 g/mol. The Kier molecular flexibility index (Phi) is 3.66. The molecule has 0 aliphatic heterocycles. The minimum Gasteiger partial charge on any atom is -0.464 e. The first-order valence-electron chi connectivity index (χ1n) is 5.15. The highest BCUT2D eigenvalue weighted by atomic mass is 35.5. The summed E-state index contributed by atoms with van der Waals surface area (Å²) < 4.78 is 5.78. The summed E-state index contributed by atoms with van der Waals surface area (Å²) in [4.78, 5) is 11.4. The summed E-state index contributed by atoms with van der Waals surface area (Å²) in [5.74, 6) is -0.677. The van der Waals surface area contributed by atoms with Gasteiger partial charge in [0.2, 0.25) is 0 Å². The van der Waals surface area contributed by atoms with Crippen LogP contribution in [0.5, 0.6) is 0 Å². The van der Waals surface area contributed by atoms with Crippen LogP contribution in [0.1, 0.15) is 18.6 Å². The number of aliphatic hydroxyl groups is 1. The fourth-order valence-electron chi connectivity index (χ4n) is 1.58. The maximum Gasteiger partial charge on any atom is 0.339 e. The van der Waals surface area contributed by atoms with Crippen LogP contribution < -0.4 is 0 Å². The molecular weight excluding hydrogens is 260 g/mol. The maximum absolute atomic E-state index is 11.4. The van der Waals surface area contributed by atoms with E-state index in [1.54, 1.807) is 24.3 Å². The molecule has 2 aromatic rings. The van der Waals surface area contributed by atoms with Crippen LogP contribution in [0.15, 0.2) is 23.6 Å². The van der Waals surface area contributed by atoms with E-state index in [2.05, 4.69) is 0 Å². The van der Waals surface area contributed by atoms with Crippen LogP contribution in [0.4, 0.5) is 0 Å². The van der Waals surface area contributed by atoms with E-state index in [1.807, 2.05) is 17.5 Å². The van der Waals surface area contributed by atoms with E-state index >= 15 is 0 Å². The fraction of sp³-hybridized carbons (Fsp3) is 0.250. The lowest BCUT2D eigenvalue weighted by Crippen LogP contribution is -2.15. The van der Waals surface area contributed by atoms with Crippen LogP contribution in [-0.2, 0) is 9.53 Å². The minimum absolute atomic E-state index is 0.230. The molecule has 1 heterocycles. The maximum atomic E-state index is 11.4. The smallest absolute Gasteiger partial charge is 0.339 e. The number of hydrogen-bond donors (Lipinski definition) is 1. The Morgan fingerprint density at radius 3 is 3.00 bits per heavy atom. The standard InChI is InChI=1S/C12H11ClO3S/c1-2-16-12(15)11(14)8-3-4-9-7(10(8)13)5-6-17-9/h3-6,11,14H,2H2,1H3. The van der Waals surface area contributed by atoms with Crippen molar-refractivity contribution in [3.8, 4) is 0 Å². The van der Waals surface area contributed by atoms with Crippen molar-refractivity contribution in [3.63, 3.8) is 0 Å². The number of benzene rings is 1. The third kappa shape index (κ3) is 2.29. The molecule has 1 unspecified atom stereocenters. The number of thiophene rings is 1. The molecule has 1 aromatic heterocycles. The molecule has 90 valence electrons. The highest BCUT2D eigenvalue weighted by Crippen LogP contribution is 2.34. The van der Waals surface area contributed by atoms with Gasteiger partial charge in [-0.2, -0.15) is 0 Å². The van der Waals surface area contributed by atoms with Crippen LogP contribution >= 0.6 is 22.9 Å². The van der Waals surface area contributed by atoms with Gasteiger partial charge in [0.05, 0.1) is 11.6 Å². The molecule has 1 atom stereocenters. The second-order valence-electron chi connectivity index (χ2n) is 3.46. The normalized spacial score (nSPS) is 12.6. The Morgan fingerprint density at radius 1 is 1.53 bits per heavy atom. The number of carbonyl (C=O) groups excluding carboxylic acids is 1. The van der Waals surface area contributed by atoms with Gasteiger partial charge in [0.25, 0.3) is 0 Å². The Hall–Kier alpha value is -1.10. The quantitative estimate of drug-likeness (QED) is 0.872. The van der Waals surface area contributed by atoms with Crippen LogP contribution in [0.2, 0.25) is 5.02 Å². The number of carbonyl (C=O) groups is 1. The van der Waals surface area contributed by atoms with Gasteiger partial charge in [-0.25, -0.2) is 4.79 Å². The molecule has 17 heavy (non-hydrogen) atoms. The van der Waals surface area contributed by atoms with Crippen LogP contribution in [0.3, 0.4) is 0 Å². The predicted octanol–water partition coefficient (Wildman–Crippen LogP) is 3.15. The number of rotatable bonds is 3. The van der Waals surface area contributed by atoms with Gasteiger partial charge >= 0.3 is 5.97 Å². The summed E-state index contributed by atoms with van der Waals surface area (Å²) in [6.07, 6.45) is -1.33. The van der Waals surface area contributed by atoms with E-state index in [4.69, 9.17) is 16.3 Å². The Bertz CT molecular complexity index is 550. The van der Waals surface area contributed by atoms with Crippen molar-refractivity contribution in [1.29, 1.82) is 0 Å². The molecule has 0 bridgehead atoms. The van der Waals surface area contributed by atoms with Gasteiger partial charge in [0.15, 0.2) is 6.10 Å². The molecule has 1 aromatic carbocycles. The molecule has 0 amide bonds. The van der Waals surface area contributed by atoms with Crippen molar-refractivity contribution in [2.45, 2.75) is 13.0 Å². The zero-order chi connectivity index (χ0) is 12.4. The Balaban J connectivity index is 2.41. The van der Waals surface area contributed by atoms with Crippen molar-refractivity contribution in [1.82, 2.24) is 0 Å². The third-order valence-electron chi connectivity index (χ3n) is 2.40. The molecule has 5 heteroatoms. The Morgan fingerprint density at radius 2 is 2.29 bits per heavy atom. The Labute approximate surface area is 108 Å². The SMILES string of the molecule is CCOC(=O)C(O)c1ccc2sccc2c1Cl. The van der Waals surface area contributed by atoms with E-state index < -0.39 is 12.1 Å². The van der Waals surface area contributed by atoms with Gasteiger partial charge in [-0.05, 0) is 24.4 Å². The number of esters is 1. The number of aliphatic hydroxyl groups excluding tert-OH is 1. The average Bonchev–Trinajstić information content (AvgIpc) is 2.78. The number of halogens is 1.